The van der Waals surface area contributed by atoms with E-state index in [2.05, 4.69) is 40.7 Å². The maximum Gasteiger partial charge on any atom is 0.392 e. The molecule has 0 amide bonds. The van der Waals surface area contributed by atoms with E-state index >= 15 is 0 Å². The van der Waals surface area contributed by atoms with Gasteiger partial charge < -0.3 is 11.1 Å². The third-order valence-electron chi connectivity index (χ3n) is 3.58. The first-order valence-corrected chi connectivity index (χ1v) is 10.1. The number of hydrogen-bond acceptors (Lipinski definition) is 5. The minimum Gasteiger partial charge on any atom is -0.319 e. The smallest absolute Gasteiger partial charge is 0.319 e. The predicted octanol–water partition coefficient (Wildman–Crippen LogP) is 6.08. The molecule has 0 spiro atoms. The van der Waals surface area contributed by atoms with Gasteiger partial charge >= 0.3 is 6.18 Å². The van der Waals surface area contributed by atoms with Crippen molar-refractivity contribution in [1.29, 1.82) is 0 Å². The van der Waals surface area contributed by atoms with Crippen molar-refractivity contribution < 1.29 is 17.6 Å². The zero-order valence-electron chi connectivity index (χ0n) is 18.4. The second kappa shape index (κ2) is 16.2. The van der Waals surface area contributed by atoms with E-state index in [-0.39, 0.29) is 0 Å². The highest BCUT2D eigenvalue weighted by Crippen LogP contribution is 2.23. The van der Waals surface area contributed by atoms with Gasteiger partial charge in [0.1, 0.15) is 6.17 Å². The molecule has 0 aliphatic heterocycles. The van der Waals surface area contributed by atoms with Crippen LogP contribution in [-0.4, -0.2) is 37.8 Å². The van der Waals surface area contributed by atoms with Gasteiger partial charge in [-0.15, -0.1) is 12.6 Å². The van der Waals surface area contributed by atoms with E-state index in [1.807, 2.05) is 24.4 Å². The molecule has 1 atom stereocenters. The highest BCUT2D eigenvalue weighted by atomic mass is 32.1. The van der Waals surface area contributed by atoms with Gasteiger partial charge in [0, 0.05) is 35.6 Å². The number of aromatic nitrogens is 1. The van der Waals surface area contributed by atoms with E-state index < -0.39 is 18.8 Å². The van der Waals surface area contributed by atoms with Gasteiger partial charge in [0.05, 0.1) is 6.42 Å². The summed E-state index contributed by atoms with van der Waals surface area (Å²) in [6, 6.07) is 8.04. The predicted molar refractivity (Wildman–Crippen MR) is 131 cm³/mol. The maximum atomic E-state index is 12.3. The molecule has 0 bridgehead atoms. The van der Waals surface area contributed by atoms with Crippen LogP contribution in [0, 0.1) is 0 Å². The van der Waals surface area contributed by atoms with Gasteiger partial charge in [-0.25, -0.2) is 4.39 Å². The van der Waals surface area contributed by atoms with Gasteiger partial charge in [-0.2, -0.15) is 13.2 Å². The van der Waals surface area contributed by atoms with Crippen LogP contribution in [0.2, 0.25) is 0 Å². The number of hydrogen-bond donors (Lipinski definition) is 3. The molecular weight excluding hydrogens is 440 g/mol. The van der Waals surface area contributed by atoms with Crippen molar-refractivity contribution in [2.45, 2.75) is 32.6 Å². The summed E-state index contributed by atoms with van der Waals surface area (Å²) in [5.41, 5.74) is 6.45. The van der Waals surface area contributed by atoms with E-state index in [9.17, 15) is 17.6 Å². The van der Waals surface area contributed by atoms with Gasteiger partial charge in [0.25, 0.3) is 0 Å². The summed E-state index contributed by atoms with van der Waals surface area (Å²) in [5.74, 6) is 0. The Hall–Kier alpha value is -2.49. The zero-order chi connectivity index (χ0) is 24.6. The summed E-state index contributed by atoms with van der Waals surface area (Å²) >= 11 is 4.34. The molecule has 1 aromatic carbocycles. The molecule has 0 saturated carbocycles. The second-order valence-electron chi connectivity index (χ2n) is 6.50. The standard InChI is InChI=1S/C12H10N2S.C9H12F4.C2H8N2/c1-13-8-12(15)10-2-3-11-7-14-5-4-9(11)6-10;1-7(6-8(2)10)4-3-5-9(11,12)13;1-4-2-3/h2-8,15H,1H2;3-4,6,8H,5H2,1-2H3;4H,2-3H2,1H3/b12-8-;4-3-,7-6-;. The molecule has 2 rings (SSSR count). The number of pyridine rings is 1. The molecule has 4 nitrogen and oxygen atoms in total. The summed E-state index contributed by atoms with van der Waals surface area (Å²) in [4.78, 5) is 8.56. The van der Waals surface area contributed by atoms with Crippen molar-refractivity contribution in [3.8, 4) is 0 Å². The fraction of sp³-hybridized carbons (Fsp3) is 0.304. The van der Waals surface area contributed by atoms with Crippen LogP contribution < -0.4 is 11.1 Å². The number of benzene rings is 1. The molecule has 32 heavy (non-hydrogen) atoms. The van der Waals surface area contributed by atoms with Crippen molar-refractivity contribution in [3.63, 3.8) is 0 Å². The topological polar surface area (TPSA) is 63.3 Å². The lowest BCUT2D eigenvalue weighted by atomic mass is 10.1. The van der Waals surface area contributed by atoms with E-state index in [0.29, 0.717) is 12.2 Å². The number of nitrogens with two attached hydrogens (primary N) is 1. The van der Waals surface area contributed by atoms with E-state index in [1.165, 1.54) is 19.1 Å². The van der Waals surface area contributed by atoms with Crippen LogP contribution in [-0.2, 0) is 0 Å². The molecule has 2 aromatic rings. The Morgan fingerprint density at radius 2 is 1.97 bits per heavy atom. The Labute approximate surface area is 192 Å². The molecule has 0 aliphatic rings. The Morgan fingerprint density at radius 1 is 1.31 bits per heavy atom. The summed E-state index contributed by atoms with van der Waals surface area (Å²) in [5, 5.41) is 4.97. The van der Waals surface area contributed by atoms with Crippen molar-refractivity contribution in [1.82, 2.24) is 10.3 Å². The molecule has 9 heteroatoms. The highest BCUT2D eigenvalue weighted by Gasteiger charge is 2.24. The minimum atomic E-state index is -4.18. The molecule has 0 fully saturated rings. The molecule has 1 heterocycles. The molecule has 3 N–H and O–H groups in total. The van der Waals surface area contributed by atoms with Gasteiger partial charge in [-0.3, -0.25) is 9.98 Å². The van der Waals surface area contributed by atoms with Gasteiger partial charge in [0.2, 0.25) is 0 Å². The summed E-state index contributed by atoms with van der Waals surface area (Å²) in [6.07, 6.45) is 2.47. The van der Waals surface area contributed by atoms with Crippen molar-refractivity contribution in [2.75, 3.05) is 13.7 Å². The van der Waals surface area contributed by atoms with E-state index in [1.54, 1.807) is 26.4 Å². The maximum absolute atomic E-state index is 12.3. The quantitative estimate of drug-likeness (QED) is 0.158. The first kappa shape index (κ1) is 29.5. The number of allylic oxidation sites excluding steroid dienone is 4. The number of halogens is 4. The number of nitrogens with zero attached hydrogens (tertiary/aromatic N) is 2. The summed E-state index contributed by atoms with van der Waals surface area (Å²) < 4.78 is 47.2. The zero-order valence-corrected chi connectivity index (χ0v) is 19.3. The molecule has 1 aromatic heterocycles. The average molecular weight is 471 g/mol. The lowest BCUT2D eigenvalue weighted by Crippen LogP contribution is -2.15. The van der Waals surface area contributed by atoms with Gasteiger partial charge in [-0.1, -0.05) is 29.9 Å². The lowest BCUT2D eigenvalue weighted by molar-refractivity contribution is -0.125. The third-order valence-corrected chi connectivity index (χ3v) is 3.95. The number of thiol groups is 1. The minimum absolute atomic E-state index is 0.499. The fourth-order valence-corrected chi connectivity index (χ4v) is 2.42. The summed E-state index contributed by atoms with van der Waals surface area (Å²) in [6.45, 7) is 6.85. The number of alkyl halides is 4. The van der Waals surface area contributed by atoms with Crippen molar-refractivity contribution in [2.24, 2.45) is 10.7 Å². The number of fused-ring (bicyclic) bond motifs is 1. The van der Waals surface area contributed by atoms with Crippen molar-refractivity contribution >= 4 is 35.0 Å². The number of aliphatic imine (C=N–C) groups is 1. The SMILES string of the molecule is C=N/C=C(\S)c1ccc2cnccc2c1.CC(/C=C\CC(F)(F)F)=C/C(C)F.CNCN. The third kappa shape index (κ3) is 14.5. The fourth-order valence-electron chi connectivity index (χ4n) is 2.20. The normalized spacial score (nSPS) is 13.2. The molecule has 1 unspecified atom stereocenters. The number of rotatable bonds is 6. The molecule has 0 radical (unpaired) electrons. The van der Waals surface area contributed by atoms with Crippen LogP contribution in [0.25, 0.3) is 15.7 Å². The van der Waals surface area contributed by atoms with Gasteiger partial charge in [0.15, 0.2) is 0 Å². The second-order valence-corrected chi connectivity index (χ2v) is 6.98. The van der Waals surface area contributed by atoms with E-state index in [0.717, 1.165) is 27.3 Å². The Balaban J connectivity index is 0.000000521. The van der Waals surface area contributed by atoms with Gasteiger partial charge in [-0.05, 0) is 56.8 Å². The van der Waals surface area contributed by atoms with Crippen LogP contribution in [0.15, 0.2) is 71.7 Å². The van der Waals surface area contributed by atoms with Crippen LogP contribution in [0.4, 0.5) is 17.6 Å². The molecular formula is C23H30F4N4S. The lowest BCUT2D eigenvalue weighted by Gasteiger charge is -2.01. The molecule has 0 aliphatic carbocycles. The van der Waals surface area contributed by atoms with Crippen molar-refractivity contribution in [3.05, 3.63) is 72.2 Å². The Morgan fingerprint density at radius 3 is 2.50 bits per heavy atom. The Bertz CT molecular complexity index is 904. The average Bonchev–Trinajstić information content (AvgIpc) is 2.72. The van der Waals surface area contributed by atoms with Crippen LogP contribution in [0.1, 0.15) is 25.8 Å². The Kier molecular flexibility index (Phi) is 14.9. The van der Waals surface area contributed by atoms with Crippen LogP contribution >= 0.6 is 12.6 Å². The highest BCUT2D eigenvalue weighted by molar-refractivity contribution is 7.90. The van der Waals surface area contributed by atoms with Crippen LogP contribution in [0.5, 0.6) is 0 Å². The first-order chi connectivity index (χ1) is 15.0. The molecule has 176 valence electrons. The largest absolute Gasteiger partial charge is 0.392 e. The monoisotopic (exact) mass is 470 g/mol. The molecule has 0 saturated heterocycles. The summed E-state index contributed by atoms with van der Waals surface area (Å²) in [7, 11) is 1.81. The van der Waals surface area contributed by atoms with E-state index in [4.69, 9.17) is 5.73 Å². The van der Waals surface area contributed by atoms with Crippen LogP contribution in [0.3, 0.4) is 0 Å². The number of nitrogens with one attached hydrogen (secondary N) is 1. The first-order valence-electron chi connectivity index (χ1n) is 9.63.